The summed E-state index contributed by atoms with van der Waals surface area (Å²) in [5.41, 5.74) is 3.26. The van der Waals surface area contributed by atoms with E-state index < -0.39 is 0 Å². The number of hydrogen-bond acceptors (Lipinski definition) is 2. The van der Waals surface area contributed by atoms with E-state index in [0.29, 0.717) is 5.41 Å². The third-order valence-corrected chi connectivity index (χ3v) is 3.68. The number of allylic oxidation sites excluding steroid dienone is 1. The van der Waals surface area contributed by atoms with Gasteiger partial charge in [0.2, 0.25) is 0 Å². The summed E-state index contributed by atoms with van der Waals surface area (Å²) < 4.78 is 0. The van der Waals surface area contributed by atoms with Crippen LogP contribution in [0.4, 0.5) is 0 Å². The van der Waals surface area contributed by atoms with Crippen molar-refractivity contribution in [1.82, 2.24) is 10.3 Å². The molecule has 1 aliphatic heterocycles. The van der Waals surface area contributed by atoms with E-state index in [2.05, 4.69) is 22.4 Å². The lowest BCUT2D eigenvalue weighted by Gasteiger charge is -2.17. The maximum Gasteiger partial charge on any atom is 0.0342 e. The predicted molar refractivity (Wildman–Crippen MR) is 61.4 cm³/mol. The summed E-state index contributed by atoms with van der Waals surface area (Å²) in [6.45, 7) is 2.34. The van der Waals surface area contributed by atoms with Gasteiger partial charge in [-0.05, 0) is 43.0 Å². The zero-order valence-corrected chi connectivity index (χ0v) is 8.87. The first-order valence-electron chi connectivity index (χ1n) is 5.71. The highest BCUT2D eigenvalue weighted by Crippen LogP contribution is 2.43. The Hall–Kier alpha value is -1.15. The van der Waals surface area contributed by atoms with E-state index in [1.165, 1.54) is 36.9 Å². The second-order valence-corrected chi connectivity index (χ2v) is 4.70. The van der Waals surface area contributed by atoms with Crippen molar-refractivity contribution in [2.24, 2.45) is 5.41 Å². The third kappa shape index (κ3) is 1.59. The molecule has 1 atom stereocenters. The molecule has 0 amide bonds. The quantitative estimate of drug-likeness (QED) is 0.752. The molecule has 15 heavy (non-hydrogen) atoms. The normalized spacial score (nSPS) is 29.7. The Labute approximate surface area is 90.4 Å². The number of nitrogens with zero attached hydrogens (tertiary/aromatic N) is 1. The first-order valence-corrected chi connectivity index (χ1v) is 5.71. The average Bonchev–Trinajstić information content (AvgIpc) is 2.91. The molecule has 78 valence electrons. The van der Waals surface area contributed by atoms with Crippen molar-refractivity contribution in [3.05, 3.63) is 36.2 Å². The van der Waals surface area contributed by atoms with Gasteiger partial charge in [-0.2, -0.15) is 0 Å². The minimum absolute atomic E-state index is 0.463. The van der Waals surface area contributed by atoms with Gasteiger partial charge < -0.3 is 5.32 Å². The van der Waals surface area contributed by atoms with Crippen molar-refractivity contribution in [3.63, 3.8) is 0 Å². The fraction of sp³-hybridized carbons (Fsp3) is 0.462. The lowest BCUT2D eigenvalue weighted by atomic mass is 9.87. The smallest absolute Gasteiger partial charge is 0.0342 e. The fourth-order valence-corrected chi connectivity index (χ4v) is 2.78. The van der Waals surface area contributed by atoms with Gasteiger partial charge >= 0.3 is 0 Å². The second-order valence-electron chi connectivity index (χ2n) is 4.70. The monoisotopic (exact) mass is 200 g/mol. The molecule has 0 saturated carbocycles. The van der Waals surface area contributed by atoms with Gasteiger partial charge in [-0.1, -0.05) is 12.1 Å². The van der Waals surface area contributed by atoms with Gasteiger partial charge in [-0.25, -0.2) is 0 Å². The molecule has 1 unspecified atom stereocenters. The molecule has 0 bridgehead atoms. The molecule has 1 aliphatic carbocycles. The van der Waals surface area contributed by atoms with Crippen LogP contribution in [0.15, 0.2) is 30.6 Å². The molecule has 0 aromatic carbocycles. The summed E-state index contributed by atoms with van der Waals surface area (Å²) in [5.74, 6) is 0. The van der Waals surface area contributed by atoms with Gasteiger partial charge in [0.15, 0.2) is 0 Å². The second kappa shape index (κ2) is 3.46. The minimum atomic E-state index is 0.463. The molecule has 1 N–H and O–H groups in total. The van der Waals surface area contributed by atoms with E-state index in [1.54, 1.807) is 0 Å². The van der Waals surface area contributed by atoms with E-state index >= 15 is 0 Å². The van der Waals surface area contributed by atoms with Crippen molar-refractivity contribution in [1.29, 1.82) is 0 Å². The molecule has 2 heteroatoms. The lowest BCUT2D eigenvalue weighted by Crippen LogP contribution is -2.18. The van der Waals surface area contributed by atoms with E-state index in [1.807, 2.05) is 18.5 Å². The van der Waals surface area contributed by atoms with Gasteiger partial charge in [0.1, 0.15) is 0 Å². The van der Waals surface area contributed by atoms with E-state index in [9.17, 15) is 0 Å². The topological polar surface area (TPSA) is 24.9 Å². The van der Waals surface area contributed by atoms with Gasteiger partial charge in [-0.15, -0.1) is 0 Å². The number of nitrogens with one attached hydrogen (secondary N) is 1. The van der Waals surface area contributed by atoms with Gasteiger partial charge in [0.05, 0.1) is 0 Å². The Morgan fingerprint density at radius 2 is 2.33 bits per heavy atom. The van der Waals surface area contributed by atoms with Gasteiger partial charge in [0.25, 0.3) is 0 Å². The molecule has 1 aromatic heterocycles. The maximum atomic E-state index is 4.19. The van der Waals surface area contributed by atoms with Crippen LogP contribution in [0.2, 0.25) is 0 Å². The van der Waals surface area contributed by atoms with Crippen LogP contribution in [0, 0.1) is 5.41 Å². The number of pyridine rings is 1. The van der Waals surface area contributed by atoms with Crippen LogP contribution in [0.5, 0.6) is 0 Å². The fourth-order valence-electron chi connectivity index (χ4n) is 2.78. The van der Waals surface area contributed by atoms with Crippen LogP contribution in [-0.4, -0.2) is 18.1 Å². The largest absolute Gasteiger partial charge is 0.316 e. The number of hydrogen-bond donors (Lipinski definition) is 1. The molecule has 3 rings (SSSR count). The Morgan fingerprint density at radius 3 is 3.07 bits per heavy atom. The van der Waals surface area contributed by atoms with Crippen molar-refractivity contribution >= 4 is 5.57 Å². The molecule has 2 nitrogen and oxygen atoms in total. The number of aromatic nitrogens is 1. The number of rotatable bonds is 1. The van der Waals surface area contributed by atoms with Crippen LogP contribution >= 0.6 is 0 Å². The molecule has 2 heterocycles. The SMILES string of the molecule is C1=C(c2cccnc2)CCC12CCNC2. The van der Waals surface area contributed by atoms with E-state index in [4.69, 9.17) is 0 Å². The molecule has 0 radical (unpaired) electrons. The Bertz CT molecular complexity index is 375. The average molecular weight is 200 g/mol. The Kier molecular flexibility index (Phi) is 2.10. The predicted octanol–water partition coefficient (Wildman–Crippen LogP) is 2.24. The summed E-state index contributed by atoms with van der Waals surface area (Å²) in [4.78, 5) is 4.19. The minimum Gasteiger partial charge on any atom is -0.316 e. The summed E-state index contributed by atoms with van der Waals surface area (Å²) in [5, 5.41) is 3.47. The summed E-state index contributed by atoms with van der Waals surface area (Å²) in [6, 6.07) is 4.19. The van der Waals surface area contributed by atoms with Crippen LogP contribution < -0.4 is 5.32 Å². The lowest BCUT2D eigenvalue weighted by molar-refractivity contribution is 0.419. The molecule has 1 saturated heterocycles. The Morgan fingerprint density at radius 1 is 1.33 bits per heavy atom. The van der Waals surface area contributed by atoms with Crippen molar-refractivity contribution in [3.8, 4) is 0 Å². The summed E-state index contributed by atoms with van der Waals surface area (Å²) in [6.07, 6.45) is 10.1. The highest BCUT2D eigenvalue weighted by molar-refractivity contribution is 5.68. The summed E-state index contributed by atoms with van der Waals surface area (Å²) in [7, 11) is 0. The zero-order chi connectivity index (χ0) is 10.1. The zero-order valence-electron chi connectivity index (χ0n) is 8.87. The first-order chi connectivity index (χ1) is 7.38. The van der Waals surface area contributed by atoms with E-state index in [0.717, 1.165) is 6.54 Å². The van der Waals surface area contributed by atoms with E-state index in [-0.39, 0.29) is 0 Å². The highest BCUT2D eigenvalue weighted by Gasteiger charge is 2.35. The molecular weight excluding hydrogens is 184 g/mol. The molecular formula is C13H16N2. The summed E-state index contributed by atoms with van der Waals surface area (Å²) >= 11 is 0. The molecule has 1 fully saturated rings. The molecule has 1 spiro atoms. The third-order valence-electron chi connectivity index (χ3n) is 3.68. The first kappa shape index (κ1) is 9.10. The Balaban J connectivity index is 1.90. The van der Waals surface area contributed by atoms with Crippen LogP contribution in [0.3, 0.4) is 0 Å². The highest BCUT2D eigenvalue weighted by atomic mass is 14.9. The maximum absolute atomic E-state index is 4.19. The van der Waals surface area contributed by atoms with Crippen LogP contribution in [0.1, 0.15) is 24.8 Å². The standard InChI is InChI=1S/C13H16N2/c1-2-12(9-14-6-1)11-3-4-13(8-11)5-7-15-10-13/h1-2,6,8-9,15H,3-5,7,10H2. The van der Waals surface area contributed by atoms with Crippen LogP contribution in [0.25, 0.3) is 5.57 Å². The van der Waals surface area contributed by atoms with Crippen molar-refractivity contribution in [2.75, 3.05) is 13.1 Å². The van der Waals surface area contributed by atoms with Gasteiger partial charge in [-0.3, -0.25) is 4.98 Å². The van der Waals surface area contributed by atoms with Gasteiger partial charge in [0, 0.05) is 24.4 Å². The van der Waals surface area contributed by atoms with Crippen LogP contribution in [-0.2, 0) is 0 Å². The van der Waals surface area contributed by atoms with Crippen molar-refractivity contribution in [2.45, 2.75) is 19.3 Å². The molecule has 2 aliphatic rings. The molecule has 1 aromatic rings. The van der Waals surface area contributed by atoms with Crippen molar-refractivity contribution < 1.29 is 0 Å².